The van der Waals surface area contributed by atoms with Gasteiger partial charge in [0.25, 0.3) is 0 Å². The van der Waals surface area contributed by atoms with Gasteiger partial charge >= 0.3 is 5.97 Å². The Bertz CT molecular complexity index is 1920. The van der Waals surface area contributed by atoms with Gasteiger partial charge in [0, 0.05) is 5.92 Å². The monoisotopic (exact) mass is 1060 g/mol. The molecule has 0 aromatic rings. The largest absolute Gasteiger partial charge is 0.458 e. The molecule has 2 heteroatoms. The molecular weight excluding hydrogens is 921 g/mol. The van der Waals surface area contributed by atoms with Crippen LogP contribution in [0.15, 0.2) is 0 Å². The summed E-state index contributed by atoms with van der Waals surface area (Å²) in [5.74, 6) is 2.80. The van der Waals surface area contributed by atoms with Crippen LogP contribution < -0.4 is 0 Å². The van der Waals surface area contributed by atoms with E-state index in [1.165, 1.54) is 51.4 Å². The van der Waals surface area contributed by atoms with Crippen LogP contribution in [0.1, 0.15) is 356 Å². The van der Waals surface area contributed by atoms with Crippen LogP contribution in [0.5, 0.6) is 0 Å². The standard InChI is InChI=1S/C74H142O2/c1-33-57-56-50-54-49-55(51-56)53-74(57,52-54)76-58(75)60(19,35-3)62(21,37-5)64(23,39-7)66(25,41-9)68(27,43-11)70(29,45-13)72(31,47-15)73(32,48-16)71(30,46-14)69(28,44-12)67(26,42-10)65(24,40-8)63(22,38-6)61(20,36-4)59(17,18)34-2/h54-57H,33-53H2,1-32H3. The second kappa shape index (κ2) is 22.9. The normalized spacial score (nSPS) is 32.3. The molecule has 4 aliphatic rings. The summed E-state index contributed by atoms with van der Waals surface area (Å²) in [4.78, 5) is 16.0. The van der Waals surface area contributed by atoms with Crippen LogP contribution in [0, 0.1) is 105 Å². The van der Waals surface area contributed by atoms with Gasteiger partial charge in [-0.05, 0) is 229 Å². The SMILES string of the molecule is CCC1C2CC3CC(C2)CC1(OC(=O)C(C)(CC)C(C)(CC)C(C)(CC)C(C)(CC)C(C)(CC)C(C)(CC)C(C)(CC)C(C)(CC)C(C)(CC)C(C)(CC)C(C)(CC)C(C)(CC)C(C)(CC)C(C)(CC)C(C)(C)CC)C3. The van der Waals surface area contributed by atoms with Crippen molar-refractivity contribution >= 4 is 5.97 Å². The van der Waals surface area contributed by atoms with Crippen molar-refractivity contribution in [2.45, 2.75) is 362 Å². The summed E-state index contributed by atoms with van der Waals surface area (Å²) >= 11 is 0. The van der Waals surface area contributed by atoms with E-state index in [0.29, 0.717) is 5.92 Å². The van der Waals surface area contributed by atoms with Crippen LogP contribution in [-0.4, -0.2) is 11.6 Å². The van der Waals surface area contributed by atoms with Crippen molar-refractivity contribution in [3.05, 3.63) is 0 Å². The van der Waals surface area contributed by atoms with Gasteiger partial charge in [0.15, 0.2) is 0 Å². The lowest BCUT2D eigenvalue weighted by molar-refractivity contribution is -0.298. The molecule has 76 heavy (non-hydrogen) atoms. The fraction of sp³-hybridized carbons (Fsp3) is 0.986. The molecule has 4 aliphatic carbocycles. The molecule has 0 N–H and O–H groups in total. The highest BCUT2D eigenvalue weighted by atomic mass is 16.6. The number of ether oxygens (including phenoxy) is 1. The zero-order chi connectivity index (χ0) is 59.4. The van der Waals surface area contributed by atoms with Crippen molar-refractivity contribution in [3.63, 3.8) is 0 Å². The third-order valence-electron chi connectivity index (χ3n) is 33.7. The topological polar surface area (TPSA) is 26.3 Å². The quantitative estimate of drug-likeness (QED) is 0.0628. The molecule has 17 unspecified atom stereocenters. The van der Waals surface area contributed by atoms with Gasteiger partial charge in [-0.1, -0.05) is 221 Å². The maximum Gasteiger partial charge on any atom is 0.312 e. The van der Waals surface area contributed by atoms with Gasteiger partial charge in [-0.3, -0.25) is 4.79 Å². The maximum absolute atomic E-state index is 16.0. The first-order chi connectivity index (χ1) is 34.7. The number of esters is 1. The molecule has 0 heterocycles. The minimum atomic E-state index is -0.652. The van der Waals surface area contributed by atoms with Gasteiger partial charge in [-0.25, -0.2) is 0 Å². The maximum atomic E-state index is 16.0. The van der Waals surface area contributed by atoms with Crippen molar-refractivity contribution < 1.29 is 9.53 Å². The molecule has 4 saturated carbocycles. The first kappa shape index (κ1) is 69.7. The molecule has 0 aromatic carbocycles. The molecule has 0 aliphatic heterocycles. The predicted molar refractivity (Wildman–Crippen MR) is 338 cm³/mol. The minimum Gasteiger partial charge on any atom is -0.458 e. The van der Waals surface area contributed by atoms with Crippen LogP contribution >= 0.6 is 0 Å². The summed E-state index contributed by atoms with van der Waals surface area (Å²) in [6, 6.07) is 0. The number of carbonyl (C=O) groups excluding carboxylic acids is 1. The molecule has 0 amide bonds. The van der Waals surface area contributed by atoms with E-state index in [9.17, 15) is 0 Å². The number of hydrogen-bond acceptors (Lipinski definition) is 2. The number of rotatable bonds is 32. The molecule has 2 nitrogen and oxygen atoms in total. The zero-order valence-electron chi connectivity index (χ0n) is 58.5. The fourth-order valence-electron chi connectivity index (χ4n) is 24.7. The lowest BCUT2D eigenvalue weighted by atomic mass is 9.26. The van der Waals surface area contributed by atoms with E-state index in [-0.39, 0.29) is 87.4 Å². The summed E-state index contributed by atoms with van der Waals surface area (Å²) in [7, 11) is 0. The van der Waals surface area contributed by atoms with E-state index in [2.05, 4.69) is 222 Å². The van der Waals surface area contributed by atoms with Gasteiger partial charge in [-0.2, -0.15) is 0 Å². The highest BCUT2D eigenvalue weighted by molar-refractivity contribution is 5.78. The summed E-state index contributed by atoms with van der Waals surface area (Å²) in [5.41, 5.74) is -1.56. The first-order valence-electron chi connectivity index (χ1n) is 34.0. The van der Waals surface area contributed by atoms with Gasteiger partial charge in [0.1, 0.15) is 5.60 Å². The summed E-state index contributed by atoms with van der Waals surface area (Å²) in [5, 5.41) is 0. The van der Waals surface area contributed by atoms with Crippen LogP contribution in [0.25, 0.3) is 0 Å². The van der Waals surface area contributed by atoms with Crippen molar-refractivity contribution in [2.75, 3.05) is 0 Å². The Balaban J connectivity index is 2.52. The van der Waals surface area contributed by atoms with Crippen molar-refractivity contribution in [3.8, 4) is 0 Å². The average Bonchev–Trinajstić information content (AvgIpc) is 3.42. The van der Waals surface area contributed by atoms with Crippen LogP contribution in [0.2, 0.25) is 0 Å². The van der Waals surface area contributed by atoms with E-state index in [0.717, 1.165) is 101 Å². The Hall–Kier alpha value is -0.530. The van der Waals surface area contributed by atoms with Crippen LogP contribution in [-0.2, 0) is 9.53 Å². The summed E-state index contributed by atoms with van der Waals surface area (Å²) in [6.45, 7) is 84.4. The molecule has 0 aromatic heterocycles. The smallest absolute Gasteiger partial charge is 0.312 e. The highest BCUT2D eigenvalue weighted by Crippen LogP contribution is 2.83. The Labute approximate surface area is 480 Å². The summed E-state index contributed by atoms with van der Waals surface area (Å²) in [6.07, 6.45) is 23.9. The van der Waals surface area contributed by atoms with E-state index >= 15 is 4.79 Å². The van der Waals surface area contributed by atoms with E-state index in [1.54, 1.807) is 0 Å². The van der Waals surface area contributed by atoms with Gasteiger partial charge in [0.2, 0.25) is 0 Å². The number of carbonyl (C=O) groups is 1. The fourth-order valence-corrected chi connectivity index (χ4v) is 24.7. The molecule has 450 valence electrons. The van der Waals surface area contributed by atoms with E-state index in [4.69, 9.17) is 4.74 Å². The summed E-state index contributed by atoms with van der Waals surface area (Å²) < 4.78 is 7.47. The molecule has 4 bridgehead atoms. The lowest BCUT2D eigenvalue weighted by Gasteiger charge is -2.78. The molecule has 0 spiro atoms. The van der Waals surface area contributed by atoms with Gasteiger partial charge < -0.3 is 4.74 Å². The second-order valence-electron chi connectivity index (χ2n) is 31.9. The van der Waals surface area contributed by atoms with Gasteiger partial charge in [0.05, 0.1) is 5.41 Å². The molecule has 4 rings (SSSR count). The van der Waals surface area contributed by atoms with E-state index < -0.39 is 5.41 Å². The van der Waals surface area contributed by atoms with Gasteiger partial charge in [-0.15, -0.1) is 0 Å². The Morgan fingerprint density at radius 3 is 0.776 bits per heavy atom. The predicted octanol–water partition coefficient (Wildman–Crippen LogP) is 24.4. The first-order valence-corrected chi connectivity index (χ1v) is 34.0. The Morgan fingerprint density at radius 1 is 0.329 bits per heavy atom. The van der Waals surface area contributed by atoms with Crippen molar-refractivity contribution in [1.29, 1.82) is 0 Å². The Morgan fingerprint density at radius 2 is 0.566 bits per heavy atom. The number of hydrogen-bond donors (Lipinski definition) is 0. The minimum absolute atomic E-state index is 0.00915. The highest BCUT2D eigenvalue weighted by Gasteiger charge is 2.77. The molecule has 0 saturated heterocycles. The lowest BCUT2D eigenvalue weighted by Crippen LogP contribution is -2.72. The van der Waals surface area contributed by atoms with E-state index in [1.807, 2.05) is 0 Å². The van der Waals surface area contributed by atoms with Crippen LogP contribution in [0.4, 0.5) is 0 Å². The van der Waals surface area contributed by atoms with Crippen molar-refractivity contribution in [1.82, 2.24) is 0 Å². The molecule has 4 fully saturated rings. The Kier molecular flexibility index (Phi) is 21.0. The zero-order valence-corrected chi connectivity index (χ0v) is 58.5. The third kappa shape index (κ3) is 8.31. The third-order valence-corrected chi connectivity index (χ3v) is 33.7. The average molecular weight is 1060 g/mol. The molecule has 17 atom stereocenters. The molecular formula is C74H142O2. The molecule has 0 radical (unpaired) electrons. The van der Waals surface area contributed by atoms with Crippen molar-refractivity contribution in [2.24, 2.45) is 105 Å². The second-order valence-corrected chi connectivity index (χ2v) is 31.9. The van der Waals surface area contributed by atoms with Crippen LogP contribution in [0.3, 0.4) is 0 Å².